The number of rotatable bonds is 5. The molecule has 1 N–H and O–H groups in total. The van der Waals surface area contributed by atoms with Gasteiger partial charge in [0.2, 0.25) is 0 Å². The van der Waals surface area contributed by atoms with Gasteiger partial charge in [-0.25, -0.2) is 9.98 Å². The van der Waals surface area contributed by atoms with Crippen LogP contribution >= 0.6 is 0 Å². The molecule has 0 atom stereocenters. The lowest BCUT2D eigenvalue weighted by molar-refractivity contribution is 0.668. The molecule has 9 rings (SSSR count). The molecule has 0 fully saturated rings. The first-order chi connectivity index (χ1) is 29.3. The van der Waals surface area contributed by atoms with Crippen molar-refractivity contribution < 1.29 is 23.9 Å². The Hall–Kier alpha value is -6.85. The molecule has 0 aliphatic heterocycles. The predicted molar refractivity (Wildman–Crippen MR) is 206 cm³/mol. The first-order valence-electron chi connectivity index (χ1n) is 21.1. The van der Waals surface area contributed by atoms with Crippen molar-refractivity contribution in [1.29, 1.82) is 5.41 Å². The van der Waals surface area contributed by atoms with Gasteiger partial charge in [-0.05, 0) is 52.5 Å². The van der Waals surface area contributed by atoms with Gasteiger partial charge >= 0.3 is 0 Å². The van der Waals surface area contributed by atoms with Crippen LogP contribution in [0.1, 0.15) is 31.8 Å². The second-order valence-corrected chi connectivity index (χ2v) is 11.3. The summed E-state index contributed by atoms with van der Waals surface area (Å²) in [5.74, 6) is -0.589. The Labute approximate surface area is 303 Å². The van der Waals surface area contributed by atoms with E-state index in [1.165, 1.54) is 6.21 Å². The van der Waals surface area contributed by atoms with Crippen LogP contribution in [-0.4, -0.2) is 17.9 Å². The fourth-order valence-corrected chi connectivity index (χ4v) is 5.89. The predicted octanol–water partition coefficient (Wildman–Crippen LogP) is 11.7. The number of furan rings is 2. The number of hydrogen-bond donors (Lipinski definition) is 1. The quantitative estimate of drug-likeness (QED) is 0.148. The Morgan fingerprint density at radius 1 is 0.580 bits per heavy atom. The minimum atomic E-state index is -0.706. The summed E-state index contributed by atoms with van der Waals surface area (Å²) in [5.41, 5.74) is 2.01. The fourth-order valence-electron chi connectivity index (χ4n) is 5.89. The van der Waals surface area contributed by atoms with Crippen LogP contribution in [0.4, 0.5) is 0 Å². The molecule has 0 unspecified atom stereocenters. The van der Waals surface area contributed by atoms with Crippen molar-refractivity contribution in [3.63, 3.8) is 0 Å². The third kappa shape index (κ3) is 5.27. The van der Waals surface area contributed by atoms with Gasteiger partial charge in [-0.15, -0.1) is 0 Å². The number of para-hydroxylation sites is 2. The van der Waals surface area contributed by atoms with Gasteiger partial charge in [0, 0.05) is 44.4 Å². The van der Waals surface area contributed by atoms with E-state index in [1.54, 1.807) is 18.2 Å². The zero-order chi connectivity index (χ0) is 43.0. The molecule has 7 aromatic carbocycles. The molecular weight excluding hydrogens is 615 g/mol. The minimum absolute atomic E-state index is 0.233. The monoisotopic (exact) mass is 654 g/mol. The van der Waals surface area contributed by atoms with Crippen molar-refractivity contribution in [3.05, 3.63) is 180 Å². The number of fused-ring (bicyclic) bond motifs is 6. The van der Waals surface area contributed by atoms with Crippen molar-refractivity contribution in [3.8, 4) is 22.3 Å². The minimum Gasteiger partial charge on any atom is -0.456 e. The largest absolute Gasteiger partial charge is 0.456 e. The molecule has 0 amide bonds. The van der Waals surface area contributed by atoms with E-state index in [0.717, 1.165) is 21.9 Å². The van der Waals surface area contributed by atoms with Gasteiger partial charge in [-0.2, -0.15) is 0 Å². The van der Waals surface area contributed by atoms with Crippen LogP contribution in [0, 0.1) is 5.41 Å². The van der Waals surface area contributed by atoms with Gasteiger partial charge < -0.3 is 8.83 Å². The molecule has 0 bridgehead atoms. The summed E-state index contributed by atoms with van der Waals surface area (Å²) in [7, 11) is 0. The molecule has 0 saturated heterocycles. The van der Waals surface area contributed by atoms with Gasteiger partial charge in [0.05, 0.1) is 15.1 Å². The summed E-state index contributed by atoms with van der Waals surface area (Å²) >= 11 is 0. The Morgan fingerprint density at radius 2 is 1.36 bits per heavy atom. The molecule has 0 aliphatic rings. The van der Waals surface area contributed by atoms with Gasteiger partial charge in [0.1, 0.15) is 22.3 Å². The van der Waals surface area contributed by atoms with E-state index < -0.39 is 72.0 Å². The molecule has 2 aromatic heterocycles. The van der Waals surface area contributed by atoms with Crippen LogP contribution in [0.25, 0.3) is 66.1 Å². The standard InChI is InChI=1S/C45H29N3O2/c46-44(32-23-21-30(22-24-32)29-11-3-1-4-12-29)48-45(47-28-34-15-9-18-37-36-16-7-8-19-39(36)50-43(34)37)33-25-26-38-41(27-33)49-40-20-10-17-35(42(38)40)31-13-5-2-6-14-31/h1-28,46H/i2D,5D,6D,10D,13D,14D,17D,20D,25D,26D,27D. The number of nitrogens with zero attached hydrogens (tertiary/aromatic N) is 2. The van der Waals surface area contributed by atoms with E-state index in [-0.39, 0.29) is 44.7 Å². The zero-order valence-corrected chi connectivity index (χ0v) is 26.0. The van der Waals surface area contributed by atoms with E-state index in [1.807, 2.05) is 78.9 Å². The van der Waals surface area contributed by atoms with E-state index in [0.29, 0.717) is 22.3 Å². The van der Waals surface area contributed by atoms with Crippen molar-refractivity contribution in [1.82, 2.24) is 0 Å². The molecule has 0 aliphatic carbocycles. The molecular formula is C45H29N3O2. The lowest BCUT2D eigenvalue weighted by Crippen LogP contribution is -2.04. The number of aliphatic imine (C=N–C) groups is 2. The number of benzene rings is 7. The number of nitrogens with one attached hydrogen (secondary N) is 1. The molecule has 0 saturated carbocycles. The normalized spacial score (nSPS) is 15.2. The topological polar surface area (TPSA) is 74.8 Å². The Kier molecular flexibility index (Phi) is 4.89. The second kappa shape index (κ2) is 12.3. The van der Waals surface area contributed by atoms with Crippen LogP contribution in [0.5, 0.6) is 0 Å². The highest BCUT2D eigenvalue weighted by atomic mass is 16.3. The third-order valence-electron chi connectivity index (χ3n) is 8.29. The van der Waals surface area contributed by atoms with Gasteiger partial charge in [0.15, 0.2) is 11.7 Å². The molecule has 2 heterocycles. The zero-order valence-electron chi connectivity index (χ0n) is 37.0. The average Bonchev–Trinajstić information content (AvgIpc) is 3.87. The van der Waals surface area contributed by atoms with Gasteiger partial charge in [-0.1, -0.05) is 133 Å². The molecule has 9 aromatic rings. The van der Waals surface area contributed by atoms with E-state index in [4.69, 9.17) is 25.2 Å². The molecule has 5 nitrogen and oxygen atoms in total. The van der Waals surface area contributed by atoms with E-state index in [9.17, 15) is 4.11 Å². The maximum absolute atomic E-state index is 9.48. The highest BCUT2D eigenvalue weighted by molar-refractivity contribution is 6.18. The SMILES string of the molecule is [2H]c1c([2H])c([2H])c(-c2c([2H])c([2H])c([2H])c3oc4c([2H])c(C(N=Cc5cccc6c5oc5ccccc56)=NC(=N)c5ccc(-c6ccccc6)cc5)c([2H])c([2H])c4c23)c([2H])c1[2H]. The van der Waals surface area contributed by atoms with Crippen LogP contribution in [0.2, 0.25) is 0 Å². The number of hydrogen-bond acceptors (Lipinski definition) is 3. The lowest BCUT2D eigenvalue weighted by atomic mass is 9.99. The summed E-state index contributed by atoms with van der Waals surface area (Å²) in [6.07, 6.45) is 1.43. The smallest absolute Gasteiger partial charge is 0.161 e. The maximum atomic E-state index is 9.48. The number of amidine groups is 2. The molecule has 0 radical (unpaired) electrons. The van der Waals surface area contributed by atoms with Crippen LogP contribution in [0.3, 0.4) is 0 Å². The Bertz CT molecular complexity index is 3370. The molecule has 5 heteroatoms. The van der Waals surface area contributed by atoms with E-state index >= 15 is 0 Å². The molecule has 0 spiro atoms. The highest BCUT2D eigenvalue weighted by Crippen LogP contribution is 2.37. The molecule has 236 valence electrons. The summed E-state index contributed by atoms with van der Waals surface area (Å²) in [6, 6.07) is 22.6. The Balaban J connectivity index is 1.29. The maximum Gasteiger partial charge on any atom is 0.161 e. The summed E-state index contributed by atoms with van der Waals surface area (Å²) in [6.45, 7) is 0. The van der Waals surface area contributed by atoms with Crippen molar-refractivity contribution in [2.24, 2.45) is 9.98 Å². The first kappa shape index (κ1) is 19.8. The van der Waals surface area contributed by atoms with Crippen molar-refractivity contribution in [2.75, 3.05) is 0 Å². The fraction of sp³-hybridized carbons (Fsp3) is 0. The van der Waals surface area contributed by atoms with Crippen LogP contribution in [0.15, 0.2) is 182 Å². The first-order valence-corrected chi connectivity index (χ1v) is 15.6. The second-order valence-electron chi connectivity index (χ2n) is 11.3. The van der Waals surface area contributed by atoms with E-state index in [2.05, 4.69) is 9.98 Å². The van der Waals surface area contributed by atoms with Crippen molar-refractivity contribution in [2.45, 2.75) is 0 Å². The highest BCUT2D eigenvalue weighted by Gasteiger charge is 2.16. The Morgan fingerprint density at radius 3 is 2.22 bits per heavy atom. The van der Waals surface area contributed by atoms with Crippen LogP contribution in [-0.2, 0) is 0 Å². The third-order valence-corrected chi connectivity index (χ3v) is 8.29. The van der Waals surface area contributed by atoms with Gasteiger partial charge in [0.25, 0.3) is 0 Å². The van der Waals surface area contributed by atoms with Crippen LogP contribution < -0.4 is 0 Å². The lowest BCUT2D eigenvalue weighted by Gasteiger charge is -2.06. The molecule has 50 heavy (non-hydrogen) atoms. The summed E-state index contributed by atoms with van der Waals surface area (Å²) < 4.78 is 109. The van der Waals surface area contributed by atoms with Crippen molar-refractivity contribution >= 4 is 61.8 Å². The van der Waals surface area contributed by atoms with Gasteiger partial charge in [-0.3, -0.25) is 5.41 Å². The average molecular weight is 655 g/mol. The summed E-state index contributed by atoms with van der Waals surface area (Å²) in [4.78, 5) is 9.20. The summed E-state index contributed by atoms with van der Waals surface area (Å²) in [5, 5.41) is 10.3.